The maximum absolute atomic E-state index is 13.3. The standard InChI is InChI=1S/C24H27F4N3O/c1-15(2)29-23(32)20-12-17-11-18(24(26,27)28)5-8-21(17)31-10-9-30(14-22(20)31)13-16-3-6-19(25)7-4-16/h3-8,11,15,20,22H,9-10,12-14H2,1-2H3,(H,29,32)/t20-,22+/m0/s1. The van der Waals surface area contributed by atoms with E-state index < -0.39 is 17.7 Å². The summed E-state index contributed by atoms with van der Waals surface area (Å²) in [4.78, 5) is 17.3. The van der Waals surface area contributed by atoms with Gasteiger partial charge in [0.25, 0.3) is 0 Å². The molecule has 1 N–H and O–H groups in total. The van der Waals surface area contributed by atoms with Crippen molar-refractivity contribution in [3.8, 4) is 0 Å². The summed E-state index contributed by atoms with van der Waals surface area (Å²) in [5.74, 6) is -0.878. The molecule has 2 aromatic carbocycles. The zero-order valence-corrected chi connectivity index (χ0v) is 18.1. The Morgan fingerprint density at radius 2 is 1.84 bits per heavy atom. The fourth-order valence-electron chi connectivity index (χ4n) is 4.74. The van der Waals surface area contributed by atoms with Crippen LogP contribution in [-0.4, -0.2) is 42.5 Å². The van der Waals surface area contributed by atoms with Gasteiger partial charge in [-0.1, -0.05) is 12.1 Å². The highest BCUT2D eigenvalue weighted by molar-refractivity contribution is 5.82. The first-order valence-electron chi connectivity index (χ1n) is 10.9. The molecule has 32 heavy (non-hydrogen) atoms. The molecule has 2 atom stereocenters. The third-order valence-corrected chi connectivity index (χ3v) is 6.21. The summed E-state index contributed by atoms with van der Waals surface area (Å²) < 4.78 is 53.1. The molecule has 0 unspecified atom stereocenters. The molecule has 4 nitrogen and oxygen atoms in total. The number of benzene rings is 2. The number of alkyl halides is 3. The van der Waals surface area contributed by atoms with E-state index in [1.54, 1.807) is 12.1 Å². The van der Waals surface area contributed by atoms with Gasteiger partial charge >= 0.3 is 6.18 Å². The van der Waals surface area contributed by atoms with Crippen LogP contribution in [0, 0.1) is 11.7 Å². The minimum Gasteiger partial charge on any atom is -0.365 e. The van der Waals surface area contributed by atoms with Gasteiger partial charge in [-0.3, -0.25) is 9.69 Å². The molecule has 0 bridgehead atoms. The Morgan fingerprint density at radius 1 is 1.12 bits per heavy atom. The Bertz CT molecular complexity index is 974. The Hall–Kier alpha value is -2.61. The summed E-state index contributed by atoms with van der Waals surface area (Å²) in [5, 5.41) is 2.94. The molecule has 4 rings (SSSR count). The number of fused-ring (bicyclic) bond motifs is 3. The van der Waals surface area contributed by atoms with Gasteiger partial charge in [-0.2, -0.15) is 13.2 Å². The number of carbonyl (C=O) groups is 1. The number of anilines is 1. The lowest BCUT2D eigenvalue weighted by molar-refractivity contribution is -0.137. The second kappa shape index (κ2) is 8.73. The number of amides is 1. The van der Waals surface area contributed by atoms with Crippen molar-refractivity contribution in [2.45, 2.75) is 45.1 Å². The van der Waals surface area contributed by atoms with E-state index in [9.17, 15) is 22.4 Å². The van der Waals surface area contributed by atoms with Gasteiger partial charge in [0, 0.05) is 37.9 Å². The van der Waals surface area contributed by atoms with Gasteiger partial charge < -0.3 is 10.2 Å². The quantitative estimate of drug-likeness (QED) is 0.710. The van der Waals surface area contributed by atoms with Crippen molar-refractivity contribution in [1.29, 1.82) is 0 Å². The van der Waals surface area contributed by atoms with Crippen molar-refractivity contribution < 1.29 is 22.4 Å². The molecule has 0 radical (unpaired) electrons. The topological polar surface area (TPSA) is 35.6 Å². The lowest BCUT2D eigenvalue weighted by Crippen LogP contribution is -2.61. The van der Waals surface area contributed by atoms with Gasteiger partial charge in [-0.25, -0.2) is 4.39 Å². The summed E-state index contributed by atoms with van der Waals surface area (Å²) in [6, 6.07) is 10.0. The lowest BCUT2D eigenvalue weighted by Gasteiger charge is -2.49. The maximum Gasteiger partial charge on any atom is 0.416 e. The van der Waals surface area contributed by atoms with E-state index in [2.05, 4.69) is 15.1 Å². The number of nitrogens with zero attached hydrogens (tertiary/aromatic N) is 2. The molecule has 2 aromatic rings. The van der Waals surface area contributed by atoms with Crippen LogP contribution in [0.5, 0.6) is 0 Å². The molecule has 172 valence electrons. The van der Waals surface area contributed by atoms with Crippen molar-refractivity contribution in [2.75, 3.05) is 24.5 Å². The maximum atomic E-state index is 13.3. The number of hydrogen-bond donors (Lipinski definition) is 1. The van der Waals surface area contributed by atoms with Gasteiger partial charge in [0.1, 0.15) is 5.82 Å². The first-order valence-corrected chi connectivity index (χ1v) is 10.9. The number of rotatable bonds is 4. The first-order chi connectivity index (χ1) is 15.1. The van der Waals surface area contributed by atoms with Crippen LogP contribution < -0.4 is 10.2 Å². The molecule has 0 aliphatic carbocycles. The Morgan fingerprint density at radius 3 is 2.50 bits per heavy atom. The summed E-state index contributed by atoms with van der Waals surface area (Å²) in [6.45, 7) is 6.28. The van der Waals surface area contributed by atoms with Crippen LogP contribution in [0.15, 0.2) is 42.5 Å². The second-order valence-electron chi connectivity index (χ2n) is 8.94. The SMILES string of the molecule is CC(C)NC(=O)[C@H]1Cc2cc(C(F)(F)F)ccc2N2CCN(Cc3ccc(F)cc3)C[C@H]12. The zero-order chi connectivity index (χ0) is 23.0. The van der Waals surface area contributed by atoms with E-state index in [1.807, 2.05) is 13.8 Å². The van der Waals surface area contributed by atoms with Crippen LogP contribution in [-0.2, 0) is 23.9 Å². The third-order valence-electron chi connectivity index (χ3n) is 6.21. The highest BCUT2D eigenvalue weighted by Gasteiger charge is 2.42. The van der Waals surface area contributed by atoms with E-state index in [-0.39, 0.29) is 30.2 Å². The van der Waals surface area contributed by atoms with Crippen LogP contribution in [0.1, 0.15) is 30.5 Å². The largest absolute Gasteiger partial charge is 0.416 e. The van der Waals surface area contributed by atoms with Gasteiger partial charge in [0.15, 0.2) is 0 Å². The third kappa shape index (κ3) is 4.75. The van der Waals surface area contributed by atoms with Crippen LogP contribution in [0.2, 0.25) is 0 Å². The molecule has 2 aliphatic heterocycles. The lowest BCUT2D eigenvalue weighted by atomic mass is 9.82. The van der Waals surface area contributed by atoms with Crippen molar-refractivity contribution in [3.63, 3.8) is 0 Å². The first kappa shape index (κ1) is 22.6. The number of hydrogen-bond acceptors (Lipinski definition) is 3. The van der Waals surface area contributed by atoms with Crippen molar-refractivity contribution in [2.24, 2.45) is 5.92 Å². The second-order valence-corrected chi connectivity index (χ2v) is 8.94. The molecule has 0 spiro atoms. The highest BCUT2D eigenvalue weighted by atomic mass is 19.4. The number of piperazine rings is 1. The fourth-order valence-corrected chi connectivity index (χ4v) is 4.74. The Labute approximate surface area is 185 Å². The molecule has 1 amide bonds. The minimum absolute atomic E-state index is 0.0576. The van der Waals surface area contributed by atoms with E-state index >= 15 is 0 Å². The number of nitrogens with one attached hydrogen (secondary N) is 1. The summed E-state index contributed by atoms with van der Waals surface area (Å²) >= 11 is 0. The fraction of sp³-hybridized carbons (Fsp3) is 0.458. The predicted molar refractivity (Wildman–Crippen MR) is 115 cm³/mol. The van der Waals surface area contributed by atoms with Crippen LogP contribution in [0.3, 0.4) is 0 Å². The average molecular weight is 449 g/mol. The van der Waals surface area contributed by atoms with Gasteiger partial charge in [-0.05, 0) is 61.7 Å². The van der Waals surface area contributed by atoms with Crippen LogP contribution >= 0.6 is 0 Å². The zero-order valence-electron chi connectivity index (χ0n) is 18.1. The predicted octanol–water partition coefficient (Wildman–Crippen LogP) is 4.23. The molecular weight excluding hydrogens is 422 g/mol. The molecule has 1 fully saturated rings. The number of carbonyl (C=O) groups excluding carboxylic acids is 1. The molecular formula is C24H27F4N3O. The van der Waals surface area contributed by atoms with E-state index in [0.29, 0.717) is 31.7 Å². The molecule has 2 aliphatic rings. The van der Waals surface area contributed by atoms with E-state index in [4.69, 9.17) is 0 Å². The summed E-state index contributed by atoms with van der Waals surface area (Å²) in [7, 11) is 0. The molecule has 2 heterocycles. The summed E-state index contributed by atoms with van der Waals surface area (Å²) in [5.41, 5.74) is 1.63. The van der Waals surface area contributed by atoms with Gasteiger partial charge in [0.2, 0.25) is 5.91 Å². The van der Waals surface area contributed by atoms with Crippen LogP contribution in [0.25, 0.3) is 0 Å². The van der Waals surface area contributed by atoms with Crippen molar-refractivity contribution in [1.82, 2.24) is 10.2 Å². The van der Waals surface area contributed by atoms with Gasteiger partial charge in [-0.15, -0.1) is 0 Å². The van der Waals surface area contributed by atoms with Crippen LogP contribution in [0.4, 0.5) is 23.2 Å². The van der Waals surface area contributed by atoms with E-state index in [0.717, 1.165) is 17.3 Å². The normalized spacial score (nSPS) is 21.3. The molecule has 0 aromatic heterocycles. The Kier molecular flexibility index (Phi) is 6.16. The molecule has 0 saturated carbocycles. The van der Waals surface area contributed by atoms with E-state index in [1.165, 1.54) is 24.3 Å². The summed E-state index contributed by atoms with van der Waals surface area (Å²) in [6.07, 6.45) is -4.15. The number of halogens is 4. The molecule has 1 saturated heterocycles. The Balaban J connectivity index is 1.61. The van der Waals surface area contributed by atoms with Crippen molar-refractivity contribution >= 4 is 11.6 Å². The average Bonchev–Trinajstić information content (AvgIpc) is 2.73. The minimum atomic E-state index is -4.42. The van der Waals surface area contributed by atoms with Gasteiger partial charge in [0.05, 0.1) is 17.5 Å². The molecule has 8 heteroatoms. The monoisotopic (exact) mass is 449 g/mol. The smallest absolute Gasteiger partial charge is 0.365 e. The van der Waals surface area contributed by atoms with Crippen molar-refractivity contribution in [3.05, 3.63) is 65.0 Å². The highest BCUT2D eigenvalue weighted by Crippen LogP contribution is 2.40.